The Kier molecular flexibility index (Phi) is 7.45. The summed E-state index contributed by atoms with van der Waals surface area (Å²) >= 11 is 0. The van der Waals surface area contributed by atoms with Gasteiger partial charge in [-0.05, 0) is 79.2 Å². The van der Waals surface area contributed by atoms with Gasteiger partial charge in [-0.1, -0.05) is 48.5 Å². The van der Waals surface area contributed by atoms with E-state index in [4.69, 9.17) is 4.74 Å². The first kappa shape index (κ1) is 24.0. The second-order valence-electron chi connectivity index (χ2n) is 10.0. The molecule has 0 saturated carbocycles. The van der Waals surface area contributed by atoms with Crippen molar-refractivity contribution in [3.63, 3.8) is 0 Å². The van der Waals surface area contributed by atoms with Crippen molar-refractivity contribution in [3.8, 4) is 0 Å². The molecule has 2 aliphatic rings. The molecule has 2 fully saturated rings. The highest BCUT2D eigenvalue weighted by Crippen LogP contribution is 2.32. The fourth-order valence-electron chi connectivity index (χ4n) is 5.87. The summed E-state index contributed by atoms with van der Waals surface area (Å²) in [6.07, 6.45) is 2.18. The maximum absolute atomic E-state index is 13.6. The summed E-state index contributed by atoms with van der Waals surface area (Å²) in [5, 5.41) is 2.12. The van der Waals surface area contributed by atoms with E-state index in [1.54, 1.807) is 12.1 Å². The minimum Gasteiger partial charge on any atom is -0.381 e. The standard InChI is InChI=1S/C30H35FN2O2/c1-2-35-21-26-20-33(30(34)29-9-5-7-24-6-3-4-8-28(24)29)19-25(26)18-32-16-14-23(15-17-32)22-10-12-27(31)13-11-22/h3-13,23,25-26H,2,14-21H2,1H3/t25-,26+/m1/s1. The molecule has 2 saturated heterocycles. The molecule has 5 rings (SSSR count). The smallest absolute Gasteiger partial charge is 0.254 e. The van der Waals surface area contributed by atoms with Crippen LogP contribution in [0.4, 0.5) is 4.39 Å². The average Bonchev–Trinajstić information content (AvgIpc) is 3.30. The highest BCUT2D eigenvalue weighted by atomic mass is 19.1. The zero-order chi connectivity index (χ0) is 24.2. The summed E-state index contributed by atoms with van der Waals surface area (Å²) < 4.78 is 19.1. The van der Waals surface area contributed by atoms with E-state index < -0.39 is 0 Å². The molecule has 3 aromatic carbocycles. The number of piperidine rings is 1. The number of benzene rings is 3. The second kappa shape index (κ2) is 10.9. The molecule has 0 aliphatic carbocycles. The summed E-state index contributed by atoms with van der Waals surface area (Å²) in [7, 11) is 0. The summed E-state index contributed by atoms with van der Waals surface area (Å²) in [5.41, 5.74) is 2.03. The molecule has 0 radical (unpaired) electrons. The van der Waals surface area contributed by atoms with Crippen LogP contribution in [0.2, 0.25) is 0 Å². The van der Waals surface area contributed by atoms with E-state index in [9.17, 15) is 9.18 Å². The summed E-state index contributed by atoms with van der Waals surface area (Å²) in [6, 6.07) is 21.1. The number of carbonyl (C=O) groups is 1. The molecule has 35 heavy (non-hydrogen) atoms. The molecule has 5 heteroatoms. The van der Waals surface area contributed by atoms with E-state index in [2.05, 4.69) is 17.0 Å². The largest absolute Gasteiger partial charge is 0.381 e. The van der Waals surface area contributed by atoms with Crippen LogP contribution in [0, 0.1) is 17.7 Å². The number of carbonyl (C=O) groups excluding carboxylic acids is 1. The first-order valence-electron chi connectivity index (χ1n) is 12.9. The maximum Gasteiger partial charge on any atom is 0.254 e. The van der Waals surface area contributed by atoms with Crippen LogP contribution in [0.5, 0.6) is 0 Å². The highest BCUT2D eigenvalue weighted by molar-refractivity contribution is 6.07. The van der Waals surface area contributed by atoms with Crippen molar-refractivity contribution in [2.75, 3.05) is 45.9 Å². The van der Waals surface area contributed by atoms with E-state index in [1.807, 2.05) is 54.3 Å². The minimum atomic E-state index is -0.171. The lowest BCUT2D eigenvalue weighted by Crippen LogP contribution is -2.39. The van der Waals surface area contributed by atoms with Crippen LogP contribution in [0.1, 0.15) is 41.6 Å². The van der Waals surface area contributed by atoms with Gasteiger partial charge in [-0.2, -0.15) is 0 Å². The number of halogens is 1. The van der Waals surface area contributed by atoms with Gasteiger partial charge < -0.3 is 14.5 Å². The van der Waals surface area contributed by atoms with Crippen molar-refractivity contribution >= 4 is 16.7 Å². The molecule has 0 aromatic heterocycles. The fourth-order valence-corrected chi connectivity index (χ4v) is 5.87. The van der Waals surface area contributed by atoms with Crippen molar-refractivity contribution in [1.82, 2.24) is 9.80 Å². The Morgan fingerprint density at radius 3 is 2.43 bits per heavy atom. The maximum atomic E-state index is 13.6. The van der Waals surface area contributed by atoms with Gasteiger partial charge in [0.15, 0.2) is 0 Å². The molecule has 3 aromatic rings. The van der Waals surface area contributed by atoms with E-state index >= 15 is 0 Å². The second-order valence-corrected chi connectivity index (χ2v) is 10.0. The molecule has 184 valence electrons. The molecule has 0 bridgehead atoms. The van der Waals surface area contributed by atoms with Gasteiger partial charge in [-0.3, -0.25) is 4.79 Å². The SMILES string of the molecule is CCOC[C@@H]1CN(C(=O)c2cccc3ccccc23)C[C@H]1CN1CCC(c2ccc(F)cc2)CC1. The molecule has 2 aliphatic heterocycles. The van der Waals surface area contributed by atoms with E-state index in [1.165, 1.54) is 5.56 Å². The van der Waals surface area contributed by atoms with Gasteiger partial charge in [0.1, 0.15) is 5.82 Å². The molecular formula is C30H35FN2O2. The topological polar surface area (TPSA) is 32.8 Å². The Balaban J connectivity index is 1.24. The Labute approximate surface area is 207 Å². The zero-order valence-corrected chi connectivity index (χ0v) is 20.5. The van der Waals surface area contributed by atoms with Crippen molar-refractivity contribution in [1.29, 1.82) is 0 Å². The Morgan fingerprint density at radius 2 is 1.66 bits per heavy atom. The monoisotopic (exact) mass is 474 g/mol. The first-order valence-corrected chi connectivity index (χ1v) is 12.9. The van der Waals surface area contributed by atoms with Gasteiger partial charge in [-0.25, -0.2) is 4.39 Å². The predicted octanol–water partition coefficient (Wildman–Crippen LogP) is 5.58. The highest BCUT2D eigenvalue weighted by Gasteiger charge is 2.37. The molecule has 4 nitrogen and oxygen atoms in total. The Hall–Kier alpha value is -2.76. The number of nitrogens with zero attached hydrogens (tertiary/aromatic N) is 2. The molecular weight excluding hydrogens is 439 g/mol. The lowest BCUT2D eigenvalue weighted by atomic mass is 9.88. The molecule has 0 N–H and O–H groups in total. The third kappa shape index (κ3) is 5.41. The van der Waals surface area contributed by atoms with Crippen LogP contribution in [0.15, 0.2) is 66.7 Å². The third-order valence-corrected chi connectivity index (χ3v) is 7.84. The minimum absolute atomic E-state index is 0.126. The van der Waals surface area contributed by atoms with Crippen molar-refractivity contribution in [2.24, 2.45) is 11.8 Å². The normalized spacial score (nSPS) is 21.6. The number of hydrogen-bond donors (Lipinski definition) is 0. The third-order valence-electron chi connectivity index (χ3n) is 7.84. The number of fused-ring (bicyclic) bond motifs is 1. The van der Waals surface area contributed by atoms with E-state index in [0.29, 0.717) is 31.0 Å². The lowest BCUT2D eigenvalue weighted by Gasteiger charge is -2.34. The van der Waals surface area contributed by atoms with Crippen LogP contribution in [-0.2, 0) is 4.74 Å². The summed E-state index contributed by atoms with van der Waals surface area (Å²) in [5.74, 6) is 1.21. The quantitative estimate of drug-likeness (QED) is 0.448. The Bertz CT molecular complexity index is 1140. The molecule has 0 unspecified atom stereocenters. The number of ether oxygens (including phenoxy) is 1. The Morgan fingerprint density at radius 1 is 0.943 bits per heavy atom. The van der Waals surface area contributed by atoms with Crippen LogP contribution in [0.25, 0.3) is 10.8 Å². The van der Waals surface area contributed by atoms with Crippen LogP contribution < -0.4 is 0 Å². The summed E-state index contributed by atoms with van der Waals surface area (Å²) in [6.45, 7) is 8.03. The van der Waals surface area contributed by atoms with Crippen LogP contribution >= 0.6 is 0 Å². The van der Waals surface area contributed by atoms with Crippen LogP contribution in [-0.4, -0.2) is 61.6 Å². The number of rotatable bonds is 7. The van der Waals surface area contributed by atoms with Gasteiger partial charge >= 0.3 is 0 Å². The number of likely N-dealkylation sites (tertiary alicyclic amines) is 2. The van der Waals surface area contributed by atoms with E-state index in [0.717, 1.165) is 61.9 Å². The molecule has 2 heterocycles. The first-order chi connectivity index (χ1) is 17.1. The van der Waals surface area contributed by atoms with Gasteiger partial charge in [-0.15, -0.1) is 0 Å². The zero-order valence-electron chi connectivity index (χ0n) is 20.5. The van der Waals surface area contributed by atoms with Crippen LogP contribution in [0.3, 0.4) is 0 Å². The lowest BCUT2D eigenvalue weighted by molar-refractivity contribution is 0.0760. The van der Waals surface area contributed by atoms with E-state index in [-0.39, 0.29) is 11.7 Å². The van der Waals surface area contributed by atoms with Gasteiger partial charge in [0.05, 0.1) is 6.61 Å². The van der Waals surface area contributed by atoms with Crippen molar-refractivity contribution in [3.05, 3.63) is 83.7 Å². The predicted molar refractivity (Wildman–Crippen MR) is 138 cm³/mol. The summed E-state index contributed by atoms with van der Waals surface area (Å²) in [4.78, 5) is 18.2. The van der Waals surface area contributed by atoms with Crippen molar-refractivity contribution < 1.29 is 13.9 Å². The van der Waals surface area contributed by atoms with Gasteiger partial charge in [0, 0.05) is 37.7 Å². The number of hydrogen-bond acceptors (Lipinski definition) is 3. The van der Waals surface area contributed by atoms with Gasteiger partial charge in [0.2, 0.25) is 0 Å². The van der Waals surface area contributed by atoms with Gasteiger partial charge in [0.25, 0.3) is 5.91 Å². The average molecular weight is 475 g/mol. The fraction of sp³-hybridized carbons (Fsp3) is 0.433. The van der Waals surface area contributed by atoms with Crippen molar-refractivity contribution in [2.45, 2.75) is 25.7 Å². The molecule has 2 atom stereocenters. The molecule has 0 spiro atoms. The molecule has 1 amide bonds. The number of amides is 1.